The highest BCUT2D eigenvalue weighted by Gasteiger charge is 2.30. The highest BCUT2D eigenvalue weighted by atomic mass is 35.5. The van der Waals surface area contributed by atoms with E-state index in [1.54, 1.807) is 6.92 Å². The summed E-state index contributed by atoms with van der Waals surface area (Å²) in [6, 6.07) is 8.70. The van der Waals surface area contributed by atoms with Gasteiger partial charge in [0.15, 0.2) is 0 Å². The third-order valence-corrected chi connectivity index (χ3v) is 6.42. The Hall–Kier alpha value is -2.65. The van der Waals surface area contributed by atoms with Gasteiger partial charge in [-0.15, -0.1) is 0 Å². The molecule has 0 bridgehead atoms. The number of nitrogens with zero attached hydrogens (tertiary/aromatic N) is 2. The third kappa shape index (κ3) is 3.88. The van der Waals surface area contributed by atoms with Gasteiger partial charge in [0.25, 0.3) is 11.6 Å². The van der Waals surface area contributed by atoms with Crippen molar-refractivity contribution in [2.45, 2.75) is 13.3 Å². The summed E-state index contributed by atoms with van der Waals surface area (Å²) in [5.74, 6) is -0.497. The van der Waals surface area contributed by atoms with Gasteiger partial charge in [0.2, 0.25) is 10.0 Å². The van der Waals surface area contributed by atoms with E-state index in [0.717, 1.165) is 0 Å². The van der Waals surface area contributed by atoms with Crippen molar-refractivity contribution in [1.82, 2.24) is 0 Å². The fourth-order valence-corrected chi connectivity index (χ4v) is 4.68. The number of aryl methyl sites for hydroxylation is 1. The lowest BCUT2D eigenvalue weighted by Crippen LogP contribution is -2.25. The zero-order valence-electron chi connectivity index (χ0n) is 14.3. The molecule has 2 aromatic carbocycles. The zero-order valence-corrected chi connectivity index (χ0v) is 15.9. The molecule has 0 aromatic heterocycles. The van der Waals surface area contributed by atoms with Crippen LogP contribution in [0.5, 0.6) is 0 Å². The van der Waals surface area contributed by atoms with Crippen molar-refractivity contribution in [3.8, 4) is 0 Å². The van der Waals surface area contributed by atoms with Crippen LogP contribution in [0.1, 0.15) is 22.3 Å². The molecule has 3 rings (SSSR count). The van der Waals surface area contributed by atoms with E-state index in [1.165, 1.54) is 40.7 Å². The molecule has 0 unspecified atom stereocenters. The second kappa shape index (κ2) is 7.16. The van der Waals surface area contributed by atoms with Crippen molar-refractivity contribution < 1.29 is 18.1 Å². The summed E-state index contributed by atoms with van der Waals surface area (Å²) >= 11 is 6.14. The van der Waals surface area contributed by atoms with E-state index in [2.05, 4.69) is 5.32 Å². The Kier molecular flexibility index (Phi) is 5.07. The molecule has 1 heterocycles. The van der Waals surface area contributed by atoms with E-state index in [-0.39, 0.29) is 22.0 Å². The van der Waals surface area contributed by atoms with Gasteiger partial charge >= 0.3 is 0 Å². The number of anilines is 2. The van der Waals surface area contributed by atoms with E-state index < -0.39 is 20.9 Å². The van der Waals surface area contributed by atoms with Gasteiger partial charge < -0.3 is 5.32 Å². The molecule has 0 radical (unpaired) electrons. The van der Waals surface area contributed by atoms with Gasteiger partial charge in [-0.3, -0.25) is 19.2 Å². The smallest absolute Gasteiger partial charge is 0.273 e. The first-order valence-corrected chi connectivity index (χ1v) is 10.0. The van der Waals surface area contributed by atoms with E-state index in [0.29, 0.717) is 29.9 Å². The number of carbonyl (C=O) groups excluding carboxylic acids is 1. The second-order valence-electron chi connectivity index (χ2n) is 6.12. The number of hydrogen-bond acceptors (Lipinski definition) is 5. The molecule has 142 valence electrons. The van der Waals surface area contributed by atoms with Gasteiger partial charge in [0.1, 0.15) is 0 Å². The molecule has 0 spiro atoms. The lowest BCUT2D eigenvalue weighted by molar-refractivity contribution is -0.385. The monoisotopic (exact) mass is 409 g/mol. The van der Waals surface area contributed by atoms with Crippen molar-refractivity contribution in [2.75, 3.05) is 21.9 Å². The van der Waals surface area contributed by atoms with Gasteiger partial charge in [-0.25, -0.2) is 8.42 Å². The fraction of sp³-hybridized carbons (Fsp3) is 0.235. The van der Waals surface area contributed by atoms with Crippen LogP contribution in [0.15, 0.2) is 36.4 Å². The predicted molar refractivity (Wildman–Crippen MR) is 103 cm³/mol. The highest BCUT2D eigenvalue weighted by molar-refractivity contribution is 7.93. The minimum atomic E-state index is -3.42. The Morgan fingerprint density at radius 2 is 2.00 bits per heavy atom. The number of nitro benzene ring substituents is 1. The topological polar surface area (TPSA) is 110 Å². The number of rotatable bonds is 4. The summed E-state index contributed by atoms with van der Waals surface area (Å²) in [6.07, 6.45) is 0.502. The number of carbonyl (C=O) groups is 1. The average Bonchev–Trinajstić information content (AvgIpc) is 2.95. The first-order chi connectivity index (χ1) is 12.7. The Balaban J connectivity index is 1.88. The lowest BCUT2D eigenvalue weighted by atomic mass is 10.1. The number of nitrogens with one attached hydrogen (secondary N) is 1. The maximum absolute atomic E-state index is 12.4. The molecule has 1 aliphatic heterocycles. The lowest BCUT2D eigenvalue weighted by Gasteiger charge is -2.19. The summed E-state index contributed by atoms with van der Waals surface area (Å²) in [7, 11) is -3.42. The molecule has 0 saturated carbocycles. The molecule has 8 nitrogen and oxygen atoms in total. The number of halogens is 1. The molecule has 1 aliphatic rings. The molecule has 10 heteroatoms. The van der Waals surface area contributed by atoms with Crippen molar-refractivity contribution in [3.63, 3.8) is 0 Å². The van der Waals surface area contributed by atoms with Crippen molar-refractivity contribution in [2.24, 2.45) is 0 Å². The van der Waals surface area contributed by atoms with Crippen LogP contribution in [-0.4, -0.2) is 31.5 Å². The average molecular weight is 410 g/mol. The Morgan fingerprint density at radius 1 is 1.26 bits per heavy atom. The standard InChI is InChI=1S/C17H16ClN3O5S/c1-11-3-4-12(9-15(11)21(23)24)17(22)19-13-5-6-14(18)16(10-13)20-7-2-8-27(20,25)26/h3-6,9-10H,2,7-8H2,1H3,(H,19,22). The number of amides is 1. The van der Waals surface area contributed by atoms with Crippen LogP contribution >= 0.6 is 11.6 Å². The maximum atomic E-state index is 12.4. The molecule has 1 fully saturated rings. The van der Waals surface area contributed by atoms with Gasteiger partial charge in [0.05, 0.1) is 21.4 Å². The summed E-state index contributed by atoms with van der Waals surface area (Å²) in [5, 5.41) is 13.9. The molecule has 27 heavy (non-hydrogen) atoms. The van der Waals surface area contributed by atoms with E-state index in [9.17, 15) is 23.3 Å². The molecule has 1 amide bonds. The summed E-state index contributed by atoms with van der Waals surface area (Å²) in [5.41, 5.74) is 1.05. The first kappa shape index (κ1) is 19.1. The predicted octanol–water partition coefficient (Wildman–Crippen LogP) is 3.35. The summed E-state index contributed by atoms with van der Waals surface area (Å²) in [4.78, 5) is 22.9. The van der Waals surface area contributed by atoms with Crippen LogP contribution in [0, 0.1) is 17.0 Å². The van der Waals surface area contributed by atoms with Crippen molar-refractivity contribution in [3.05, 3.63) is 62.7 Å². The van der Waals surface area contributed by atoms with Crippen LogP contribution in [0.25, 0.3) is 0 Å². The largest absolute Gasteiger partial charge is 0.322 e. The van der Waals surface area contributed by atoms with Crippen LogP contribution in [0.2, 0.25) is 5.02 Å². The zero-order chi connectivity index (χ0) is 19.8. The fourth-order valence-electron chi connectivity index (χ4n) is 2.84. The van der Waals surface area contributed by atoms with Gasteiger partial charge in [0, 0.05) is 29.4 Å². The SMILES string of the molecule is Cc1ccc(C(=O)Nc2ccc(Cl)c(N3CCCS3(=O)=O)c2)cc1[N+](=O)[O-]. The molecule has 0 atom stereocenters. The maximum Gasteiger partial charge on any atom is 0.273 e. The van der Waals surface area contributed by atoms with Crippen molar-refractivity contribution >= 4 is 44.6 Å². The molecule has 1 saturated heterocycles. The minimum absolute atomic E-state index is 0.0486. The quantitative estimate of drug-likeness (QED) is 0.615. The minimum Gasteiger partial charge on any atom is -0.322 e. The summed E-state index contributed by atoms with van der Waals surface area (Å²) < 4.78 is 25.5. The Morgan fingerprint density at radius 3 is 2.63 bits per heavy atom. The Bertz CT molecular complexity index is 1040. The number of hydrogen-bond donors (Lipinski definition) is 1. The van der Waals surface area contributed by atoms with Gasteiger partial charge in [-0.2, -0.15) is 0 Å². The van der Waals surface area contributed by atoms with Gasteiger partial charge in [-0.1, -0.05) is 17.7 Å². The van der Waals surface area contributed by atoms with Crippen LogP contribution in [0.3, 0.4) is 0 Å². The third-order valence-electron chi connectivity index (χ3n) is 4.24. The van der Waals surface area contributed by atoms with Gasteiger partial charge in [-0.05, 0) is 37.6 Å². The van der Waals surface area contributed by atoms with E-state index in [1.807, 2.05) is 0 Å². The molecule has 1 N–H and O–H groups in total. The second-order valence-corrected chi connectivity index (χ2v) is 8.54. The van der Waals surface area contributed by atoms with Crippen LogP contribution in [0.4, 0.5) is 17.1 Å². The molecular weight excluding hydrogens is 394 g/mol. The number of nitro groups is 1. The Labute approximate surface area is 160 Å². The highest BCUT2D eigenvalue weighted by Crippen LogP contribution is 2.33. The number of sulfonamides is 1. The normalized spacial score (nSPS) is 15.6. The van der Waals surface area contributed by atoms with Crippen molar-refractivity contribution in [1.29, 1.82) is 0 Å². The molecule has 0 aliphatic carbocycles. The first-order valence-electron chi connectivity index (χ1n) is 8.05. The molecular formula is C17H16ClN3O5S. The molecule has 2 aromatic rings. The van der Waals surface area contributed by atoms with E-state index >= 15 is 0 Å². The van der Waals surface area contributed by atoms with Crippen LogP contribution in [-0.2, 0) is 10.0 Å². The summed E-state index contributed by atoms with van der Waals surface area (Å²) in [6.45, 7) is 1.91. The number of benzene rings is 2. The van der Waals surface area contributed by atoms with E-state index in [4.69, 9.17) is 11.6 Å². The van der Waals surface area contributed by atoms with Crippen LogP contribution < -0.4 is 9.62 Å².